The van der Waals surface area contributed by atoms with Crippen molar-refractivity contribution in [2.75, 3.05) is 0 Å². The fourth-order valence-electron chi connectivity index (χ4n) is 1.25. The van der Waals surface area contributed by atoms with Crippen LogP contribution in [0.4, 0.5) is 0 Å². The van der Waals surface area contributed by atoms with E-state index in [1.54, 1.807) is 5.31 Å². The van der Waals surface area contributed by atoms with Crippen LogP contribution < -0.4 is 5.30 Å². The van der Waals surface area contributed by atoms with Crippen molar-refractivity contribution < 1.29 is 0 Å². The van der Waals surface area contributed by atoms with Crippen molar-refractivity contribution in [1.82, 2.24) is 0 Å². The molecule has 1 aliphatic rings. The molecule has 12 heavy (non-hydrogen) atoms. The summed E-state index contributed by atoms with van der Waals surface area (Å²) in [6.45, 7) is 0. The van der Waals surface area contributed by atoms with Crippen LogP contribution in [0.3, 0.4) is 0 Å². The zero-order chi connectivity index (χ0) is 8.23. The van der Waals surface area contributed by atoms with Crippen molar-refractivity contribution in [3.63, 3.8) is 0 Å². The van der Waals surface area contributed by atoms with Crippen LogP contribution in [0.25, 0.3) is 0 Å². The molecule has 0 saturated heterocycles. The van der Waals surface area contributed by atoms with Gasteiger partial charge in [-0.1, -0.05) is 57.1 Å². The van der Waals surface area contributed by atoms with Crippen LogP contribution in [0.1, 0.15) is 6.42 Å². The molecule has 0 amide bonds. The smallest absolute Gasteiger partial charge is 0.00892 e. The van der Waals surface area contributed by atoms with Gasteiger partial charge in [-0.05, 0) is 17.0 Å². The van der Waals surface area contributed by atoms with Gasteiger partial charge in [0, 0.05) is 0 Å². The molecule has 0 nitrogen and oxygen atoms in total. The Morgan fingerprint density at radius 2 is 1.92 bits per heavy atom. The van der Waals surface area contributed by atoms with Crippen molar-refractivity contribution in [1.29, 1.82) is 0 Å². The number of benzene rings is 1. The highest BCUT2D eigenvalue weighted by atomic mass is 31.1. The molecule has 0 saturated carbocycles. The molecule has 0 aliphatic heterocycles. The molecule has 0 bridgehead atoms. The third kappa shape index (κ3) is 1.84. The lowest BCUT2D eigenvalue weighted by Crippen LogP contribution is -1.90. The second-order valence-corrected chi connectivity index (χ2v) is 4.28. The fraction of sp³-hybridized carbons (Fsp3) is 0.0909. The molecule has 0 spiro atoms. The highest BCUT2D eigenvalue weighted by molar-refractivity contribution is 7.51. The van der Waals surface area contributed by atoms with Gasteiger partial charge in [0.15, 0.2) is 0 Å². The van der Waals surface area contributed by atoms with E-state index in [0.29, 0.717) is 0 Å². The van der Waals surface area contributed by atoms with Gasteiger partial charge in [-0.2, -0.15) is 0 Å². The Kier molecular flexibility index (Phi) is 2.39. The van der Waals surface area contributed by atoms with Gasteiger partial charge < -0.3 is 0 Å². The largest absolute Gasteiger partial charge is 0.0801 e. The first-order valence-corrected chi connectivity index (χ1v) is 5.13. The van der Waals surface area contributed by atoms with E-state index in [1.165, 1.54) is 5.30 Å². The van der Waals surface area contributed by atoms with Gasteiger partial charge in [0.1, 0.15) is 0 Å². The van der Waals surface area contributed by atoms with E-state index in [2.05, 4.69) is 48.6 Å². The van der Waals surface area contributed by atoms with E-state index in [4.69, 9.17) is 0 Å². The van der Waals surface area contributed by atoms with Crippen LogP contribution in [-0.4, -0.2) is 0 Å². The third-order valence-corrected chi connectivity index (χ3v) is 3.16. The van der Waals surface area contributed by atoms with Crippen LogP contribution >= 0.6 is 8.58 Å². The highest BCUT2D eigenvalue weighted by Crippen LogP contribution is 2.29. The minimum atomic E-state index is 0.857. The summed E-state index contributed by atoms with van der Waals surface area (Å²) in [5, 5.41) is 2.98. The second kappa shape index (κ2) is 3.69. The minimum Gasteiger partial charge on any atom is -0.0801 e. The Labute approximate surface area is 74.8 Å². The summed E-state index contributed by atoms with van der Waals surface area (Å²) in [6, 6.07) is 10.7. The summed E-state index contributed by atoms with van der Waals surface area (Å²) in [7, 11) is 0.857. The summed E-state index contributed by atoms with van der Waals surface area (Å²) < 4.78 is 0. The molecule has 1 aromatic carbocycles. The maximum absolute atomic E-state index is 2.23. The Balaban J connectivity index is 2.05. The zero-order valence-electron chi connectivity index (χ0n) is 6.83. The predicted molar refractivity (Wildman–Crippen MR) is 56.2 cm³/mol. The highest BCUT2D eigenvalue weighted by Gasteiger charge is 1.99. The molecular weight excluding hydrogens is 163 g/mol. The third-order valence-electron chi connectivity index (χ3n) is 1.85. The van der Waals surface area contributed by atoms with Gasteiger partial charge in [-0.15, -0.1) is 0 Å². The van der Waals surface area contributed by atoms with Crippen molar-refractivity contribution in [2.45, 2.75) is 6.42 Å². The topological polar surface area (TPSA) is 0 Å². The average molecular weight is 174 g/mol. The Hall–Kier alpha value is -0.870. The molecule has 1 aromatic rings. The second-order valence-electron chi connectivity index (χ2n) is 2.82. The molecule has 60 valence electrons. The minimum absolute atomic E-state index is 0.857. The number of hydrogen-bond donors (Lipinski definition) is 0. The van der Waals surface area contributed by atoms with Crippen molar-refractivity contribution in [3.05, 3.63) is 53.9 Å². The first-order chi connectivity index (χ1) is 5.95. The lowest BCUT2D eigenvalue weighted by molar-refractivity contribution is 1.41. The SMILES string of the molecule is C1=CCC(Pc2ccccc2)=C1. The average Bonchev–Trinajstić information content (AvgIpc) is 2.59. The molecule has 2 rings (SSSR count). The molecule has 1 aliphatic carbocycles. The van der Waals surface area contributed by atoms with E-state index in [9.17, 15) is 0 Å². The molecule has 0 heterocycles. The molecule has 0 N–H and O–H groups in total. The Morgan fingerprint density at radius 1 is 1.08 bits per heavy atom. The van der Waals surface area contributed by atoms with Crippen molar-refractivity contribution in [2.24, 2.45) is 0 Å². The van der Waals surface area contributed by atoms with Crippen molar-refractivity contribution in [3.8, 4) is 0 Å². The van der Waals surface area contributed by atoms with Gasteiger partial charge in [0.2, 0.25) is 0 Å². The quantitative estimate of drug-likeness (QED) is 0.605. The van der Waals surface area contributed by atoms with Gasteiger partial charge in [-0.25, -0.2) is 0 Å². The molecule has 0 aromatic heterocycles. The summed E-state index contributed by atoms with van der Waals surface area (Å²) in [5.41, 5.74) is 0. The molecule has 0 radical (unpaired) electrons. The Bertz CT molecular complexity index is 309. The first kappa shape index (κ1) is 7.76. The maximum atomic E-state index is 2.23. The predicted octanol–water partition coefficient (Wildman–Crippen LogP) is 2.83. The van der Waals surface area contributed by atoms with Gasteiger partial charge >= 0.3 is 0 Å². The lowest BCUT2D eigenvalue weighted by atomic mass is 10.4. The summed E-state index contributed by atoms with van der Waals surface area (Å²) in [5.74, 6) is 0. The number of hydrogen-bond acceptors (Lipinski definition) is 0. The zero-order valence-corrected chi connectivity index (χ0v) is 7.83. The van der Waals surface area contributed by atoms with Crippen LogP contribution in [0.5, 0.6) is 0 Å². The van der Waals surface area contributed by atoms with Gasteiger partial charge in [0.25, 0.3) is 0 Å². The van der Waals surface area contributed by atoms with Gasteiger partial charge in [-0.3, -0.25) is 0 Å². The normalized spacial score (nSPS) is 15.8. The number of rotatable bonds is 2. The first-order valence-electron chi connectivity index (χ1n) is 4.13. The van der Waals surface area contributed by atoms with E-state index in [0.717, 1.165) is 15.0 Å². The standard InChI is InChI=1S/C11H11P/c1-2-6-10(7-3-1)12-11-8-4-5-9-11/h1-8,12H,9H2. The molecule has 0 fully saturated rings. The van der Waals surface area contributed by atoms with E-state index in [1.807, 2.05) is 0 Å². The van der Waals surface area contributed by atoms with Crippen LogP contribution in [-0.2, 0) is 0 Å². The van der Waals surface area contributed by atoms with Crippen LogP contribution in [0, 0.1) is 0 Å². The van der Waals surface area contributed by atoms with Crippen LogP contribution in [0.2, 0.25) is 0 Å². The lowest BCUT2D eigenvalue weighted by Gasteiger charge is -2.00. The van der Waals surface area contributed by atoms with Crippen LogP contribution in [0.15, 0.2) is 53.9 Å². The van der Waals surface area contributed by atoms with E-state index < -0.39 is 0 Å². The molecule has 1 unspecified atom stereocenters. The molecule has 1 heteroatoms. The monoisotopic (exact) mass is 174 g/mol. The Morgan fingerprint density at radius 3 is 2.58 bits per heavy atom. The van der Waals surface area contributed by atoms with Crippen molar-refractivity contribution >= 4 is 13.9 Å². The molecular formula is C11H11P. The fourth-order valence-corrected chi connectivity index (χ4v) is 2.38. The van der Waals surface area contributed by atoms with E-state index >= 15 is 0 Å². The summed E-state index contributed by atoms with van der Waals surface area (Å²) in [4.78, 5) is 0. The summed E-state index contributed by atoms with van der Waals surface area (Å²) in [6.07, 6.45) is 7.73. The molecule has 1 atom stereocenters. The van der Waals surface area contributed by atoms with E-state index in [-0.39, 0.29) is 0 Å². The number of allylic oxidation sites excluding steroid dienone is 4. The van der Waals surface area contributed by atoms with Gasteiger partial charge in [0.05, 0.1) is 0 Å². The maximum Gasteiger partial charge on any atom is -0.00892 e. The summed E-state index contributed by atoms with van der Waals surface area (Å²) >= 11 is 0.